The summed E-state index contributed by atoms with van der Waals surface area (Å²) in [5.74, 6) is 0.990. The van der Waals surface area contributed by atoms with E-state index in [-0.39, 0.29) is 0 Å². The maximum Gasteiger partial charge on any atom is 0.137 e. The summed E-state index contributed by atoms with van der Waals surface area (Å²) in [5.41, 5.74) is 15.2. The number of hydrogen-bond acceptors (Lipinski definition) is 7. The smallest absolute Gasteiger partial charge is 0.137 e. The Hall–Kier alpha value is -2.51. The van der Waals surface area contributed by atoms with Gasteiger partial charge in [0.25, 0.3) is 0 Å². The lowest BCUT2D eigenvalue weighted by Crippen LogP contribution is -2.54. The van der Waals surface area contributed by atoms with Gasteiger partial charge in [0, 0.05) is 62.8 Å². The Bertz CT molecular complexity index is 837. The molecule has 2 saturated heterocycles. The van der Waals surface area contributed by atoms with Gasteiger partial charge in [0.2, 0.25) is 0 Å². The van der Waals surface area contributed by atoms with Crippen molar-refractivity contribution in [1.29, 1.82) is 0 Å². The standard InChI is InChI=1S/C22H34N6.C4H8O/c1-17(14-23)12-20(24)19-4-3-7-25-21(19)28-10-8-27(9-11-28)18-5-6-22(13-18)15-26(2)16-22;1-3-5-4-2/h3-4,7,12,14,18H,5-6,8-11,13,15-16,23-24H2,1-2H3;3H,1,4H2,2H3/b17-14-,20-12-;. The molecule has 2 aliphatic heterocycles. The topological polar surface area (TPSA) is 83.9 Å². The van der Waals surface area contributed by atoms with Crippen LogP contribution in [-0.4, -0.2) is 73.7 Å². The van der Waals surface area contributed by atoms with Crippen LogP contribution in [-0.2, 0) is 4.74 Å². The van der Waals surface area contributed by atoms with Gasteiger partial charge in [-0.05, 0) is 75.6 Å². The molecule has 33 heavy (non-hydrogen) atoms. The van der Waals surface area contributed by atoms with Crippen LogP contribution in [0, 0.1) is 5.41 Å². The number of likely N-dealkylation sites (tertiary alicyclic amines) is 1. The minimum absolute atomic E-state index is 0.623. The molecule has 7 heteroatoms. The van der Waals surface area contributed by atoms with Gasteiger partial charge >= 0.3 is 0 Å². The molecule has 3 aliphatic rings. The molecule has 1 aliphatic carbocycles. The van der Waals surface area contributed by atoms with Crippen LogP contribution >= 0.6 is 0 Å². The van der Waals surface area contributed by atoms with Gasteiger partial charge in [0.15, 0.2) is 0 Å². The molecule has 0 radical (unpaired) electrons. The Morgan fingerprint density at radius 3 is 2.61 bits per heavy atom. The lowest BCUT2D eigenvalue weighted by molar-refractivity contribution is 0.0204. The summed E-state index contributed by atoms with van der Waals surface area (Å²) >= 11 is 0. The van der Waals surface area contributed by atoms with Gasteiger partial charge < -0.3 is 26.0 Å². The third-order valence-electron chi connectivity index (χ3n) is 7.05. The van der Waals surface area contributed by atoms with E-state index in [1.54, 1.807) is 6.20 Å². The van der Waals surface area contributed by atoms with Crippen LogP contribution in [0.15, 0.2) is 49.0 Å². The molecular formula is C26H42N6O. The maximum atomic E-state index is 6.35. The average molecular weight is 455 g/mol. The second-order valence-electron chi connectivity index (χ2n) is 9.60. The average Bonchev–Trinajstić information content (AvgIpc) is 3.25. The first-order valence-electron chi connectivity index (χ1n) is 12.1. The minimum atomic E-state index is 0.623. The van der Waals surface area contributed by atoms with Gasteiger partial charge in [-0.2, -0.15) is 0 Å². The van der Waals surface area contributed by atoms with E-state index in [9.17, 15) is 0 Å². The van der Waals surface area contributed by atoms with Gasteiger partial charge in [0.05, 0.1) is 12.9 Å². The zero-order valence-corrected chi connectivity index (χ0v) is 20.7. The van der Waals surface area contributed by atoms with Crippen LogP contribution in [0.5, 0.6) is 0 Å². The van der Waals surface area contributed by atoms with Crippen molar-refractivity contribution in [2.45, 2.75) is 39.2 Å². The Morgan fingerprint density at radius 2 is 2.03 bits per heavy atom. The van der Waals surface area contributed by atoms with Crippen LogP contribution in [0.1, 0.15) is 38.7 Å². The monoisotopic (exact) mass is 454 g/mol. The zero-order chi connectivity index (χ0) is 23.8. The highest BCUT2D eigenvalue weighted by Gasteiger charge is 2.48. The number of nitrogens with two attached hydrogens (primary N) is 2. The number of hydrogen-bond donors (Lipinski definition) is 2. The number of pyridine rings is 1. The van der Waals surface area contributed by atoms with Gasteiger partial charge in [0.1, 0.15) is 5.82 Å². The van der Waals surface area contributed by atoms with E-state index >= 15 is 0 Å². The Kier molecular flexibility index (Phi) is 8.80. The summed E-state index contributed by atoms with van der Waals surface area (Å²) in [6, 6.07) is 4.77. The fraction of sp³-hybridized carbons (Fsp3) is 0.577. The van der Waals surface area contributed by atoms with Crippen molar-refractivity contribution in [3.8, 4) is 0 Å². The largest absolute Gasteiger partial charge is 0.502 e. The Morgan fingerprint density at radius 1 is 1.30 bits per heavy atom. The number of rotatable bonds is 6. The Balaban J connectivity index is 0.000000555. The highest BCUT2D eigenvalue weighted by atomic mass is 16.5. The first kappa shape index (κ1) is 25.1. The molecular weight excluding hydrogens is 412 g/mol. The number of aromatic nitrogens is 1. The molecule has 1 aromatic heterocycles. The molecule has 1 saturated carbocycles. The van der Waals surface area contributed by atoms with E-state index in [2.05, 4.69) is 44.1 Å². The van der Waals surface area contributed by atoms with E-state index in [4.69, 9.17) is 11.5 Å². The summed E-state index contributed by atoms with van der Waals surface area (Å²) in [5, 5.41) is 0. The third-order valence-corrected chi connectivity index (χ3v) is 7.05. The maximum absolute atomic E-state index is 6.35. The molecule has 3 heterocycles. The van der Waals surface area contributed by atoms with Crippen molar-refractivity contribution in [1.82, 2.24) is 14.8 Å². The molecule has 0 amide bonds. The van der Waals surface area contributed by atoms with E-state index in [0.29, 0.717) is 5.41 Å². The number of ether oxygens (including phenoxy) is 1. The van der Waals surface area contributed by atoms with Crippen molar-refractivity contribution in [2.24, 2.45) is 16.9 Å². The summed E-state index contributed by atoms with van der Waals surface area (Å²) in [6.45, 7) is 14.7. The van der Waals surface area contributed by atoms with Crippen molar-refractivity contribution in [3.63, 3.8) is 0 Å². The van der Waals surface area contributed by atoms with E-state index in [1.807, 2.05) is 32.2 Å². The summed E-state index contributed by atoms with van der Waals surface area (Å²) in [7, 11) is 2.24. The third kappa shape index (κ3) is 6.30. The predicted molar refractivity (Wildman–Crippen MR) is 138 cm³/mol. The fourth-order valence-corrected chi connectivity index (χ4v) is 5.54. The molecule has 182 valence electrons. The predicted octanol–water partition coefficient (Wildman–Crippen LogP) is 3.02. The van der Waals surface area contributed by atoms with Crippen molar-refractivity contribution < 1.29 is 4.74 Å². The lowest BCUT2D eigenvalue weighted by atomic mass is 9.78. The molecule has 1 aromatic rings. The number of allylic oxidation sites excluding steroid dienone is 2. The summed E-state index contributed by atoms with van der Waals surface area (Å²) < 4.78 is 4.60. The second-order valence-corrected chi connectivity index (χ2v) is 9.60. The zero-order valence-electron chi connectivity index (χ0n) is 20.7. The number of nitrogens with zero attached hydrogens (tertiary/aromatic N) is 4. The SMILES string of the molecule is C=COCC.CC(=C/N)/C=C(\N)c1cccnc1N1CCN(C2CCC3(C2)CN(C)C3)CC1. The van der Waals surface area contributed by atoms with Gasteiger partial charge in [-0.1, -0.05) is 6.58 Å². The van der Waals surface area contributed by atoms with Gasteiger partial charge in [-0.25, -0.2) is 4.98 Å². The van der Waals surface area contributed by atoms with E-state index < -0.39 is 0 Å². The second kappa shape index (κ2) is 11.6. The molecule has 1 atom stereocenters. The van der Waals surface area contributed by atoms with Gasteiger partial charge in [-0.15, -0.1) is 0 Å². The van der Waals surface area contributed by atoms with Crippen molar-refractivity contribution >= 4 is 11.5 Å². The van der Waals surface area contributed by atoms with Crippen LogP contribution in [0.25, 0.3) is 5.70 Å². The first-order chi connectivity index (χ1) is 15.9. The van der Waals surface area contributed by atoms with Crippen LogP contribution < -0.4 is 16.4 Å². The summed E-state index contributed by atoms with van der Waals surface area (Å²) in [4.78, 5) is 12.2. The van der Waals surface area contributed by atoms with Crippen LogP contribution in [0.3, 0.4) is 0 Å². The Labute approximate surface area is 199 Å². The number of piperazine rings is 1. The molecule has 1 unspecified atom stereocenters. The normalized spacial score (nSPS) is 23.6. The lowest BCUT2D eigenvalue weighted by Gasteiger charge is -2.47. The molecule has 4 rings (SSSR count). The van der Waals surface area contributed by atoms with E-state index in [0.717, 1.165) is 61.5 Å². The molecule has 3 fully saturated rings. The number of anilines is 1. The van der Waals surface area contributed by atoms with Gasteiger partial charge in [-0.3, -0.25) is 4.90 Å². The van der Waals surface area contributed by atoms with Crippen molar-refractivity contribution in [2.75, 3.05) is 57.8 Å². The highest BCUT2D eigenvalue weighted by molar-refractivity contribution is 5.74. The highest BCUT2D eigenvalue weighted by Crippen LogP contribution is 2.46. The molecule has 0 bridgehead atoms. The van der Waals surface area contributed by atoms with Crippen molar-refractivity contribution in [3.05, 3.63) is 54.6 Å². The van der Waals surface area contributed by atoms with E-state index in [1.165, 1.54) is 38.6 Å². The fourth-order valence-electron chi connectivity index (χ4n) is 5.54. The first-order valence-corrected chi connectivity index (χ1v) is 12.1. The van der Waals surface area contributed by atoms with Crippen LogP contribution in [0.4, 0.5) is 5.82 Å². The quantitative estimate of drug-likeness (QED) is 0.505. The molecule has 0 aromatic carbocycles. The van der Waals surface area contributed by atoms with Crippen LogP contribution in [0.2, 0.25) is 0 Å². The summed E-state index contributed by atoms with van der Waals surface area (Å²) in [6.07, 6.45) is 10.9. The minimum Gasteiger partial charge on any atom is -0.502 e. The molecule has 1 spiro atoms. The molecule has 7 nitrogen and oxygen atoms in total. The molecule has 4 N–H and O–H groups in total.